The van der Waals surface area contributed by atoms with Gasteiger partial charge in [0.25, 0.3) is 5.91 Å². The molecule has 0 spiro atoms. The summed E-state index contributed by atoms with van der Waals surface area (Å²) in [5.41, 5.74) is 0.498. The summed E-state index contributed by atoms with van der Waals surface area (Å²) in [5, 5.41) is 5.89. The highest BCUT2D eigenvalue weighted by Crippen LogP contribution is 2.19. The van der Waals surface area contributed by atoms with Crippen molar-refractivity contribution in [3.63, 3.8) is 0 Å². The van der Waals surface area contributed by atoms with Crippen LogP contribution in [0, 0.1) is 0 Å². The number of hydrogen-bond donors (Lipinski definition) is 2. The zero-order valence-electron chi connectivity index (χ0n) is 15.8. The molecule has 29 heavy (non-hydrogen) atoms. The van der Waals surface area contributed by atoms with Gasteiger partial charge in [0.2, 0.25) is 5.91 Å². The Hall–Kier alpha value is -3.81. The average Bonchev–Trinajstić information content (AvgIpc) is 2.72. The molecule has 1 heterocycles. The van der Waals surface area contributed by atoms with Gasteiger partial charge in [-0.15, -0.1) is 0 Å². The minimum Gasteiger partial charge on any atom is -0.494 e. The molecule has 3 rings (SSSR count). The van der Waals surface area contributed by atoms with Crippen LogP contribution in [0.15, 0.2) is 63.8 Å². The molecule has 2 aromatic carbocycles. The van der Waals surface area contributed by atoms with Gasteiger partial charge in [0.1, 0.15) is 17.1 Å². The van der Waals surface area contributed by atoms with E-state index in [0.717, 1.165) is 5.39 Å². The highest BCUT2D eigenvalue weighted by molar-refractivity contribution is 5.94. The molecule has 0 aliphatic carbocycles. The van der Waals surface area contributed by atoms with Crippen molar-refractivity contribution < 1.29 is 23.5 Å². The molecule has 0 saturated carbocycles. The summed E-state index contributed by atoms with van der Waals surface area (Å²) in [7, 11) is 0. The van der Waals surface area contributed by atoms with Gasteiger partial charge in [0, 0.05) is 23.2 Å². The lowest BCUT2D eigenvalue weighted by atomic mass is 10.2. The van der Waals surface area contributed by atoms with E-state index in [1.165, 1.54) is 12.1 Å². The summed E-state index contributed by atoms with van der Waals surface area (Å²) in [6, 6.07) is 14.8. The van der Waals surface area contributed by atoms with Crippen LogP contribution in [0.2, 0.25) is 0 Å². The van der Waals surface area contributed by atoms with E-state index in [4.69, 9.17) is 13.9 Å². The van der Waals surface area contributed by atoms with Crippen molar-refractivity contribution in [1.29, 1.82) is 0 Å². The van der Waals surface area contributed by atoms with E-state index in [1.54, 1.807) is 42.5 Å². The number of carbonyl (C=O) groups excluding carboxylic acids is 2. The van der Waals surface area contributed by atoms with Crippen LogP contribution >= 0.6 is 0 Å². The maximum atomic E-state index is 11.9. The predicted molar refractivity (Wildman–Crippen MR) is 107 cm³/mol. The minimum absolute atomic E-state index is 0.192. The van der Waals surface area contributed by atoms with Crippen LogP contribution in [0.1, 0.15) is 6.92 Å². The Balaban J connectivity index is 1.44. The van der Waals surface area contributed by atoms with E-state index < -0.39 is 11.5 Å². The quantitative estimate of drug-likeness (QED) is 0.566. The van der Waals surface area contributed by atoms with Crippen LogP contribution in [0.3, 0.4) is 0 Å². The van der Waals surface area contributed by atoms with Gasteiger partial charge < -0.3 is 24.5 Å². The minimum atomic E-state index is -0.467. The average molecular weight is 396 g/mol. The number of carbonyl (C=O) groups is 2. The molecule has 0 aliphatic rings. The molecule has 0 unspecified atom stereocenters. The zero-order chi connectivity index (χ0) is 20.6. The van der Waals surface area contributed by atoms with Crippen LogP contribution in [-0.4, -0.2) is 31.6 Å². The first-order valence-electron chi connectivity index (χ1n) is 8.99. The fourth-order valence-corrected chi connectivity index (χ4v) is 2.52. The first kappa shape index (κ1) is 19.9. The number of rotatable bonds is 8. The van der Waals surface area contributed by atoms with Crippen LogP contribution < -0.4 is 25.7 Å². The second-order valence-electron chi connectivity index (χ2n) is 6.03. The number of nitrogens with one attached hydrogen (secondary N) is 2. The fraction of sp³-hybridized carbons (Fsp3) is 0.190. The Bertz CT molecular complexity index is 1060. The van der Waals surface area contributed by atoms with E-state index >= 15 is 0 Å². The topological polar surface area (TPSA) is 107 Å². The van der Waals surface area contributed by atoms with E-state index in [1.807, 2.05) is 6.92 Å². The second kappa shape index (κ2) is 9.41. The molecule has 0 aliphatic heterocycles. The van der Waals surface area contributed by atoms with Gasteiger partial charge in [-0.25, -0.2) is 4.79 Å². The van der Waals surface area contributed by atoms with Crippen molar-refractivity contribution in [2.75, 3.05) is 25.1 Å². The van der Waals surface area contributed by atoms with Crippen LogP contribution in [-0.2, 0) is 9.59 Å². The summed E-state index contributed by atoms with van der Waals surface area (Å²) in [4.78, 5) is 35.1. The molecule has 0 fully saturated rings. The Morgan fingerprint density at radius 2 is 1.66 bits per heavy atom. The molecular formula is C21H20N2O6. The van der Waals surface area contributed by atoms with Crippen molar-refractivity contribution >= 4 is 28.5 Å². The molecule has 0 atom stereocenters. The Morgan fingerprint density at radius 1 is 0.931 bits per heavy atom. The van der Waals surface area contributed by atoms with Crippen LogP contribution in [0.25, 0.3) is 11.0 Å². The molecular weight excluding hydrogens is 376 g/mol. The Morgan fingerprint density at radius 3 is 2.41 bits per heavy atom. The molecule has 8 nitrogen and oxygen atoms in total. The van der Waals surface area contributed by atoms with E-state index in [-0.39, 0.29) is 19.1 Å². The van der Waals surface area contributed by atoms with Gasteiger partial charge in [0.15, 0.2) is 6.61 Å². The lowest BCUT2D eigenvalue weighted by Gasteiger charge is -2.09. The Kier molecular flexibility index (Phi) is 6.47. The predicted octanol–water partition coefficient (Wildman–Crippen LogP) is 2.33. The van der Waals surface area contributed by atoms with E-state index in [0.29, 0.717) is 29.4 Å². The Labute approximate surface area is 166 Å². The molecule has 150 valence electrons. The molecule has 2 amide bonds. The molecule has 0 bridgehead atoms. The molecule has 8 heteroatoms. The van der Waals surface area contributed by atoms with Gasteiger partial charge in [-0.05, 0) is 49.4 Å². The van der Waals surface area contributed by atoms with E-state index in [9.17, 15) is 14.4 Å². The second-order valence-corrected chi connectivity index (χ2v) is 6.03. The van der Waals surface area contributed by atoms with Crippen molar-refractivity contribution in [1.82, 2.24) is 5.32 Å². The van der Waals surface area contributed by atoms with E-state index in [2.05, 4.69) is 10.6 Å². The first-order valence-corrected chi connectivity index (χ1v) is 8.99. The summed E-state index contributed by atoms with van der Waals surface area (Å²) in [6.45, 7) is 1.98. The van der Waals surface area contributed by atoms with Gasteiger partial charge in [-0.1, -0.05) is 0 Å². The zero-order valence-corrected chi connectivity index (χ0v) is 15.8. The number of anilines is 1. The third kappa shape index (κ3) is 5.83. The van der Waals surface area contributed by atoms with Crippen molar-refractivity contribution in [2.24, 2.45) is 0 Å². The SMILES string of the molecule is CCOc1ccc(NC(=O)CNC(=O)COc2ccc3ccc(=O)oc3c2)cc1. The standard InChI is InChI=1S/C21H20N2O6/c1-2-27-16-8-5-15(6-9-16)23-19(24)12-22-20(25)13-28-17-7-3-14-4-10-21(26)29-18(14)11-17/h3-11H,2,12-13H2,1H3,(H,22,25)(H,23,24). The maximum absolute atomic E-state index is 11.9. The number of hydrogen-bond acceptors (Lipinski definition) is 6. The van der Waals surface area contributed by atoms with Crippen molar-refractivity contribution in [3.05, 3.63) is 65.0 Å². The van der Waals surface area contributed by atoms with Crippen LogP contribution in [0.4, 0.5) is 5.69 Å². The smallest absolute Gasteiger partial charge is 0.336 e. The number of amides is 2. The summed E-state index contributed by atoms with van der Waals surface area (Å²) < 4.78 is 15.8. The summed E-state index contributed by atoms with van der Waals surface area (Å²) in [6.07, 6.45) is 0. The van der Waals surface area contributed by atoms with Gasteiger partial charge >= 0.3 is 5.63 Å². The summed E-state index contributed by atoms with van der Waals surface area (Å²) >= 11 is 0. The normalized spacial score (nSPS) is 10.4. The lowest BCUT2D eigenvalue weighted by molar-refractivity contribution is -0.125. The number of ether oxygens (including phenoxy) is 2. The highest BCUT2D eigenvalue weighted by Gasteiger charge is 2.08. The van der Waals surface area contributed by atoms with Gasteiger partial charge in [-0.3, -0.25) is 9.59 Å². The highest BCUT2D eigenvalue weighted by atomic mass is 16.5. The largest absolute Gasteiger partial charge is 0.494 e. The summed E-state index contributed by atoms with van der Waals surface area (Å²) in [5.74, 6) is 0.265. The van der Waals surface area contributed by atoms with Crippen LogP contribution in [0.5, 0.6) is 11.5 Å². The monoisotopic (exact) mass is 396 g/mol. The maximum Gasteiger partial charge on any atom is 0.336 e. The third-order valence-electron chi connectivity index (χ3n) is 3.86. The molecule has 2 N–H and O–H groups in total. The molecule has 3 aromatic rings. The lowest BCUT2D eigenvalue weighted by Crippen LogP contribution is -2.35. The molecule has 0 radical (unpaired) electrons. The van der Waals surface area contributed by atoms with Gasteiger partial charge in [-0.2, -0.15) is 0 Å². The number of benzene rings is 2. The van der Waals surface area contributed by atoms with Crippen molar-refractivity contribution in [2.45, 2.75) is 6.92 Å². The third-order valence-corrected chi connectivity index (χ3v) is 3.86. The van der Waals surface area contributed by atoms with Gasteiger partial charge in [0.05, 0.1) is 13.2 Å². The molecule has 0 saturated heterocycles. The molecule has 1 aromatic heterocycles. The fourth-order valence-electron chi connectivity index (χ4n) is 2.52. The van der Waals surface area contributed by atoms with Crippen molar-refractivity contribution in [3.8, 4) is 11.5 Å². The number of fused-ring (bicyclic) bond motifs is 1. The first-order chi connectivity index (χ1) is 14.0.